The molecule has 1 aromatic carbocycles. The summed E-state index contributed by atoms with van der Waals surface area (Å²) in [4.78, 5) is 21.8. The molecule has 1 aromatic rings. The average Bonchev–Trinajstić information content (AvgIpc) is 2.38. The minimum Gasteiger partial charge on any atom is -0.481 e. The van der Waals surface area contributed by atoms with E-state index in [1.807, 2.05) is 0 Å². The first-order valence-corrected chi connectivity index (χ1v) is 5.79. The molecular formula is C13H14F3NO3. The summed E-state index contributed by atoms with van der Waals surface area (Å²) in [5.74, 6) is -3.54. The highest BCUT2D eigenvalue weighted by Crippen LogP contribution is 2.27. The lowest BCUT2D eigenvalue weighted by molar-refractivity contribution is -0.163. The minimum absolute atomic E-state index is 0.0192. The summed E-state index contributed by atoms with van der Waals surface area (Å²) in [7, 11) is 0. The number of hydrogen-bond acceptors (Lipinski definition) is 2. The highest BCUT2D eigenvalue weighted by molar-refractivity contribution is 5.76. The van der Waals surface area contributed by atoms with Crippen LogP contribution in [0.5, 0.6) is 0 Å². The lowest BCUT2D eigenvalue weighted by Crippen LogP contribution is -2.24. The van der Waals surface area contributed by atoms with E-state index in [1.165, 1.54) is 24.3 Å². The summed E-state index contributed by atoms with van der Waals surface area (Å²) >= 11 is 0. The van der Waals surface area contributed by atoms with Crippen LogP contribution in [0, 0.1) is 5.92 Å². The van der Waals surface area contributed by atoms with Gasteiger partial charge in [-0.1, -0.05) is 24.3 Å². The number of primary amides is 1. The van der Waals surface area contributed by atoms with Crippen molar-refractivity contribution < 1.29 is 29.3 Å². The van der Waals surface area contributed by atoms with Crippen molar-refractivity contribution in [2.24, 2.45) is 11.6 Å². The lowest BCUT2D eigenvalue weighted by Gasteiger charge is -2.14. The molecule has 110 valence electrons. The molecule has 1 rings (SSSR count). The first kappa shape index (κ1) is 14.4. The van der Waals surface area contributed by atoms with E-state index in [0.29, 0.717) is 11.1 Å². The Morgan fingerprint density at radius 1 is 1.25 bits per heavy atom. The topological polar surface area (TPSA) is 80.4 Å². The summed E-state index contributed by atoms with van der Waals surface area (Å²) in [6.45, 7) is 0. The fraction of sp³-hybridized carbons (Fsp3) is 0.385. The van der Waals surface area contributed by atoms with E-state index >= 15 is 0 Å². The normalized spacial score (nSPS) is 13.4. The first-order valence-electron chi connectivity index (χ1n) is 6.29. The number of aliphatic carboxylic acids is 1. The summed E-state index contributed by atoms with van der Waals surface area (Å²) in [6.07, 6.45) is -6.17. The number of carbonyl (C=O) groups excluding carboxylic acids is 1. The summed E-state index contributed by atoms with van der Waals surface area (Å²) in [5.41, 5.74) is 2.74. The van der Waals surface area contributed by atoms with Crippen molar-refractivity contribution in [2.45, 2.75) is 25.4 Å². The van der Waals surface area contributed by atoms with E-state index in [0.717, 1.165) is 0 Å². The zero-order chi connectivity index (χ0) is 16.0. The molecule has 3 N–H and O–H groups in total. The van der Waals surface area contributed by atoms with E-state index in [4.69, 9.17) is 6.52 Å². The SMILES string of the molecule is [2H]NC(=O)Cc1ccc(CC(CC(F)(F)F)C(=O)O)cc1. The number of carbonyl (C=O) groups is 2. The summed E-state index contributed by atoms with van der Waals surface area (Å²) in [5, 5.41) is 8.83. The fourth-order valence-electron chi connectivity index (χ4n) is 1.79. The Morgan fingerprint density at radius 3 is 2.25 bits per heavy atom. The van der Waals surface area contributed by atoms with Gasteiger partial charge in [0.25, 0.3) is 0 Å². The minimum atomic E-state index is -4.53. The fourth-order valence-corrected chi connectivity index (χ4v) is 1.79. The maximum atomic E-state index is 12.3. The second-order valence-corrected chi connectivity index (χ2v) is 4.48. The zero-order valence-corrected chi connectivity index (χ0v) is 10.4. The van der Waals surface area contributed by atoms with Gasteiger partial charge in [0.1, 0.15) is 0 Å². The van der Waals surface area contributed by atoms with Crippen LogP contribution in [0.15, 0.2) is 24.3 Å². The molecule has 0 spiro atoms. The number of carboxylic acid groups (broad SMARTS) is 1. The number of amides is 1. The molecule has 1 atom stereocenters. The average molecular weight is 290 g/mol. The van der Waals surface area contributed by atoms with Gasteiger partial charge in [0.15, 0.2) is 1.41 Å². The molecule has 0 aliphatic heterocycles. The van der Waals surface area contributed by atoms with Crippen molar-refractivity contribution in [1.29, 1.82) is 0 Å². The first-order chi connectivity index (χ1) is 9.71. The van der Waals surface area contributed by atoms with Gasteiger partial charge in [-0.3, -0.25) is 9.59 Å². The summed E-state index contributed by atoms with van der Waals surface area (Å²) in [6, 6.07) is 6.02. The van der Waals surface area contributed by atoms with E-state index in [-0.39, 0.29) is 12.8 Å². The Kier molecular flexibility index (Phi) is 4.60. The molecule has 0 aliphatic carbocycles. The van der Waals surface area contributed by atoms with E-state index in [2.05, 4.69) is 0 Å². The van der Waals surface area contributed by atoms with Crippen molar-refractivity contribution in [3.8, 4) is 0 Å². The van der Waals surface area contributed by atoms with Crippen LogP contribution in [0.25, 0.3) is 0 Å². The third kappa shape index (κ3) is 5.73. The number of alkyl halides is 3. The molecule has 0 bridgehead atoms. The second kappa shape index (κ2) is 6.40. The monoisotopic (exact) mass is 290 g/mol. The molecule has 0 saturated carbocycles. The molecule has 1 unspecified atom stereocenters. The smallest absolute Gasteiger partial charge is 0.389 e. The van der Waals surface area contributed by atoms with Crippen molar-refractivity contribution in [2.75, 3.05) is 0 Å². The molecule has 4 nitrogen and oxygen atoms in total. The quantitative estimate of drug-likeness (QED) is 0.839. The molecule has 7 heteroatoms. The van der Waals surface area contributed by atoms with Gasteiger partial charge in [-0.05, 0) is 17.5 Å². The second-order valence-electron chi connectivity index (χ2n) is 4.48. The lowest BCUT2D eigenvalue weighted by atomic mass is 9.95. The van der Waals surface area contributed by atoms with Gasteiger partial charge in [-0.15, -0.1) is 0 Å². The van der Waals surface area contributed by atoms with Crippen LogP contribution in [0.1, 0.15) is 17.5 Å². The maximum absolute atomic E-state index is 12.3. The zero-order valence-electron chi connectivity index (χ0n) is 11.4. The van der Waals surface area contributed by atoms with E-state index in [1.54, 1.807) is 5.73 Å². The van der Waals surface area contributed by atoms with Gasteiger partial charge >= 0.3 is 12.1 Å². The largest absolute Gasteiger partial charge is 0.481 e. The van der Waals surface area contributed by atoms with Crippen LogP contribution in [-0.2, 0) is 22.4 Å². The molecule has 0 heterocycles. The highest BCUT2D eigenvalue weighted by atomic mass is 19.4. The van der Waals surface area contributed by atoms with Gasteiger partial charge in [-0.2, -0.15) is 13.2 Å². The van der Waals surface area contributed by atoms with Gasteiger partial charge in [0, 0.05) is 0 Å². The molecule has 20 heavy (non-hydrogen) atoms. The van der Waals surface area contributed by atoms with Crippen LogP contribution in [-0.4, -0.2) is 23.2 Å². The van der Waals surface area contributed by atoms with Crippen LogP contribution >= 0.6 is 0 Å². The van der Waals surface area contributed by atoms with Gasteiger partial charge in [-0.25, -0.2) is 0 Å². The van der Waals surface area contributed by atoms with Crippen LogP contribution in [0.4, 0.5) is 13.2 Å². The van der Waals surface area contributed by atoms with Crippen LogP contribution in [0.2, 0.25) is 1.41 Å². The van der Waals surface area contributed by atoms with E-state index < -0.39 is 30.4 Å². The number of halogens is 3. The van der Waals surface area contributed by atoms with Crippen molar-refractivity contribution >= 4 is 11.9 Å². The van der Waals surface area contributed by atoms with Gasteiger partial charge < -0.3 is 10.8 Å². The molecule has 0 aliphatic rings. The maximum Gasteiger partial charge on any atom is 0.389 e. The van der Waals surface area contributed by atoms with Crippen LogP contribution in [0.3, 0.4) is 0 Å². The Hall–Kier alpha value is -2.05. The van der Waals surface area contributed by atoms with Crippen LogP contribution < -0.4 is 5.73 Å². The summed E-state index contributed by atoms with van der Waals surface area (Å²) < 4.78 is 43.5. The van der Waals surface area contributed by atoms with Gasteiger partial charge in [0.2, 0.25) is 5.91 Å². The number of carboxylic acids is 1. The Morgan fingerprint density at radius 2 is 1.80 bits per heavy atom. The number of hydrogen-bond donors (Lipinski definition) is 2. The Balaban J connectivity index is 2.72. The van der Waals surface area contributed by atoms with Gasteiger partial charge in [0.05, 0.1) is 18.8 Å². The van der Waals surface area contributed by atoms with Crippen molar-refractivity contribution in [3.05, 3.63) is 35.4 Å². The molecule has 0 aromatic heterocycles. The van der Waals surface area contributed by atoms with Crippen molar-refractivity contribution in [3.63, 3.8) is 0 Å². The molecule has 0 fully saturated rings. The molecule has 0 saturated heterocycles. The molecule has 0 radical (unpaired) electrons. The Bertz CT molecular complexity index is 502. The molecule has 1 amide bonds. The number of nitrogens with two attached hydrogens (primary N) is 1. The van der Waals surface area contributed by atoms with Crippen molar-refractivity contribution in [1.82, 2.24) is 0 Å². The third-order valence-electron chi connectivity index (χ3n) is 2.70. The number of benzene rings is 1. The van der Waals surface area contributed by atoms with E-state index in [9.17, 15) is 22.8 Å². The number of rotatable bonds is 6. The Labute approximate surface area is 114 Å². The third-order valence-corrected chi connectivity index (χ3v) is 2.70. The predicted molar refractivity (Wildman–Crippen MR) is 64.8 cm³/mol. The highest BCUT2D eigenvalue weighted by Gasteiger charge is 2.35. The predicted octanol–water partition coefficient (Wildman–Crippen LogP) is 1.91. The standard InChI is InChI=1S/C13H14F3NO3/c14-13(15,16)7-10(12(19)20)5-8-1-3-9(4-2-8)6-11(17)18/h1-4,10H,5-7H2,(H2,17,18)(H,19,20)/i/hD. The molecular weight excluding hydrogens is 275 g/mol.